The molecule has 0 aromatic carbocycles. The van der Waals surface area contributed by atoms with Crippen molar-refractivity contribution in [1.29, 1.82) is 0 Å². The summed E-state index contributed by atoms with van der Waals surface area (Å²) in [6.45, 7) is 6.58. The number of nitrogens with zero attached hydrogens (tertiary/aromatic N) is 2. The summed E-state index contributed by atoms with van der Waals surface area (Å²) in [6.07, 6.45) is 0.865. The Bertz CT molecular complexity index is 240. The van der Waals surface area contributed by atoms with E-state index in [-0.39, 0.29) is 0 Å². The van der Waals surface area contributed by atoms with E-state index in [0.29, 0.717) is 11.6 Å². The van der Waals surface area contributed by atoms with E-state index in [1.807, 2.05) is 6.20 Å². The van der Waals surface area contributed by atoms with Gasteiger partial charge in [0.2, 0.25) is 0 Å². The first-order valence-electron chi connectivity index (χ1n) is 4.27. The number of alkyl halides is 1. The van der Waals surface area contributed by atoms with E-state index >= 15 is 0 Å². The molecule has 0 spiro atoms. The fourth-order valence-electron chi connectivity index (χ4n) is 1.07. The molecule has 0 saturated heterocycles. The van der Waals surface area contributed by atoms with E-state index in [9.17, 15) is 4.39 Å². The van der Waals surface area contributed by atoms with Gasteiger partial charge >= 0.3 is 0 Å². The molecule has 12 heavy (non-hydrogen) atoms. The third-order valence-electron chi connectivity index (χ3n) is 1.62. The van der Waals surface area contributed by atoms with Gasteiger partial charge in [0.25, 0.3) is 0 Å². The lowest BCUT2D eigenvalue weighted by Gasteiger charge is -2.03. The second kappa shape index (κ2) is 3.70. The molecule has 0 aliphatic rings. The molecule has 1 aromatic rings. The van der Waals surface area contributed by atoms with Crippen LogP contribution in [0.15, 0.2) is 12.3 Å². The predicted molar refractivity (Wildman–Crippen MR) is 46.6 cm³/mol. The smallest absolute Gasteiger partial charge is 0.141 e. The maximum Gasteiger partial charge on any atom is 0.141 e. The molecule has 0 amide bonds. The van der Waals surface area contributed by atoms with Crippen LogP contribution in [0.5, 0.6) is 0 Å². The Morgan fingerprint density at radius 1 is 1.50 bits per heavy atom. The second-order valence-corrected chi connectivity index (χ2v) is 3.47. The van der Waals surface area contributed by atoms with Gasteiger partial charge in [0.15, 0.2) is 0 Å². The summed E-state index contributed by atoms with van der Waals surface area (Å²) >= 11 is 0. The molecule has 68 valence electrons. The molecule has 0 N–H and O–H groups in total. The fraction of sp³-hybridized carbons (Fsp3) is 0.667. The Hall–Kier alpha value is -0.860. The van der Waals surface area contributed by atoms with E-state index in [1.54, 1.807) is 10.7 Å². The van der Waals surface area contributed by atoms with E-state index in [0.717, 1.165) is 6.54 Å². The molecule has 0 aliphatic heterocycles. The molecule has 1 rings (SSSR count). The number of hydrogen-bond acceptors (Lipinski definition) is 1. The highest BCUT2D eigenvalue weighted by Crippen LogP contribution is 2.13. The number of aromatic nitrogens is 2. The molecule has 0 bridgehead atoms. The van der Waals surface area contributed by atoms with E-state index in [2.05, 4.69) is 18.9 Å². The van der Waals surface area contributed by atoms with Crippen LogP contribution in [0.1, 0.15) is 32.6 Å². The highest BCUT2D eigenvalue weighted by molar-refractivity contribution is 5.01. The Morgan fingerprint density at radius 2 is 2.17 bits per heavy atom. The van der Waals surface area contributed by atoms with Crippen LogP contribution < -0.4 is 0 Å². The molecule has 1 aromatic heterocycles. The summed E-state index contributed by atoms with van der Waals surface area (Å²) in [5.41, 5.74) is 0.524. The molecule has 0 aliphatic carbocycles. The Kier molecular flexibility index (Phi) is 2.84. The minimum atomic E-state index is -0.960. The van der Waals surface area contributed by atoms with Gasteiger partial charge in [-0.25, -0.2) is 4.39 Å². The Labute approximate surface area is 72.4 Å². The standard InChI is InChI=1S/C9H15FN2/c1-7(2)6-12-5-4-9(11-12)8(3)10/h4-5,7-8H,6H2,1-3H3. The Morgan fingerprint density at radius 3 is 2.58 bits per heavy atom. The maximum atomic E-state index is 12.7. The van der Waals surface area contributed by atoms with Crippen molar-refractivity contribution in [2.24, 2.45) is 5.92 Å². The largest absolute Gasteiger partial charge is 0.272 e. The third-order valence-corrected chi connectivity index (χ3v) is 1.62. The van der Waals surface area contributed by atoms with Gasteiger partial charge in [-0.1, -0.05) is 13.8 Å². The molecule has 0 saturated carbocycles. The van der Waals surface area contributed by atoms with Crippen molar-refractivity contribution in [2.45, 2.75) is 33.5 Å². The minimum Gasteiger partial charge on any atom is -0.272 e. The zero-order chi connectivity index (χ0) is 9.14. The molecule has 0 fully saturated rings. The number of halogens is 1. The average Bonchev–Trinajstić information content (AvgIpc) is 2.34. The average molecular weight is 170 g/mol. The molecular formula is C9H15FN2. The molecule has 1 heterocycles. The van der Waals surface area contributed by atoms with Gasteiger partial charge in [0, 0.05) is 12.7 Å². The van der Waals surface area contributed by atoms with E-state index in [1.165, 1.54) is 6.92 Å². The lowest BCUT2D eigenvalue weighted by Crippen LogP contribution is -2.05. The summed E-state index contributed by atoms with van der Waals surface area (Å²) < 4.78 is 14.5. The van der Waals surface area contributed by atoms with Gasteiger partial charge < -0.3 is 0 Å². The molecular weight excluding hydrogens is 155 g/mol. The molecule has 1 atom stereocenters. The van der Waals surface area contributed by atoms with Crippen LogP contribution in [0.2, 0.25) is 0 Å². The van der Waals surface area contributed by atoms with Crippen molar-refractivity contribution in [1.82, 2.24) is 9.78 Å². The van der Waals surface area contributed by atoms with Gasteiger partial charge in [0.1, 0.15) is 6.17 Å². The molecule has 0 radical (unpaired) electrons. The van der Waals surface area contributed by atoms with E-state index < -0.39 is 6.17 Å². The lowest BCUT2D eigenvalue weighted by molar-refractivity contribution is 0.359. The maximum absolute atomic E-state index is 12.7. The quantitative estimate of drug-likeness (QED) is 0.681. The van der Waals surface area contributed by atoms with E-state index in [4.69, 9.17) is 0 Å². The van der Waals surface area contributed by atoms with Crippen LogP contribution in [-0.2, 0) is 6.54 Å². The zero-order valence-electron chi connectivity index (χ0n) is 7.79. The second-order valence-electron chi connectivity index (χ2n) is 3.47. The van der Waals surface area contributed by atoms with Crippen molar-refractivity contribution in [3.05, 3.63) is 18.0 Å². The van der Waals surface area contributed by atoms with Crippen molar-refractivity contribution in [3.63, 3.8) is 0 Å². The summed E-state index contributed by atoms with van der Waals surface area (Å²) in [4.78, 5) is 0. The lowest BCUT2D eigenvalue weighted by atomic mass is 10.2. The van der Waals surface area contributed by atoms with Crippen LogP contribution in [-0.4, -0.2) is 9.78 Å². The highest BCUT2D eigenvalue weighted by Gasteiger charge is 2.06. The first-order chi connectivity index (χ1) is 5.59. The van der Waals surface area contributed by atoms with Crippen LogP contribution in [0, 0.1) is 5.92 Å². The summed E-state index contributed by atoms with van der Waals surface area (Å²) in [6, 6.07) is 1.73. The molecule has 3 heteroatoms. The fourth-order valence-corrected chi connectivity index (χ4v) is 1.07. The number of rotatable bonds is 3. The third kappa shape index (κ3) is 2.32. The van der Waals surface area contributed by atoms with Gasteiger partial charge in [-0.2, -0.15) is 5.10 Å². The van der Waals surface area contributed by atoms with Crippen LogP contribution in [0.3, 0.4) is 0 Å². The van der Waals surface area contributed by atoms with Crippen LogP contribution in [0.4, 0.5) is 4.39 Å². The topological polar surface area (TPSA) is 17.8 Å². The first kappa shape index (κ1) is 9.23. The van der Waals surface area contributed by atoms with Gasteiger partial charge in [-0.05, 0) is 18.9 Å². The van der Waals surface area contributed by atoms with Crippen molar-refractivity contribution < 1.29 is 4.39 Å². The normalized spacial score (nSPS) is 13.8. The van der Waals surface area contributed by atoms with Crippen LogP contribution >= 0.6 is 0 Å². The molecule has 1 unspecified atom stereocenters. The monoisotopic (exact) mass is 170 g/mol. The highest BCUT2D eigenvalue weighted by atomic mass is 19.1. The first-order valence-corrected chi connectivity index (χ1v) is 4.27. The Balaban J connectivity index is 2.64. The summed E-state index contributed by atoms with van der Waals surface area (Å²) in [5, 5.41) is 4.09. The van der Waals surface area contributed by atoms with Crippen molar-refractivity contribution in [2.75, 3.05) is 0 Å². The van der Waals surface area contributed by atoms with Crippen LogP contribution in [0.25, 0.3) is 0 Å². The van der Waals surface area contributed by atoms with Gasteiger partial charge in [0.05, 0.1) is 5.69 Å². The summed E-state index contributed by atoms with van der Waals surface area (Å²) in [7, 11) is 0. The molecule has 2 nitrogen and oxygen atoms in total. The predicted octanol–water partition coefficient (Wildman–Crippen LogP) is 2.57. The number of hydrogen-bond donors (Lipinski definition) is 0. The van der Waals surface area contributed by atoms with Gasteiger partial charge in [-0.15, -0.1) is 0 Å². The minimum absolute atomic E-state index is 0.524. The SMILES string of the molecule is CC(C)Cn1ccc(C(C)F)n1. The van der Waals surface area contributed by atoms with Crippen molar-refractivity contribution in [3.8, 4) is 0 Å². The van der Waals surface area contributed by atoms with Crippen molar-refractivity contribution >= 4 is 0 Å². The van der Waals surface area contributed by atoms with Gasteiger partial charge in [-0.3, -0.25) is 4.68 Å². The zero-order valence-corrected chi connectivity index (χ0v) is 7.79. The summed E-state index contributed by atoms with van der Waals surface area (Å²) in [5.74, 6) is 0.549.